The third-order valence-electron chi connectivity index (χ3n) is 2.99. The molecule has 1 aromatic rings. The molecule has 1 aliphatic rings. The van der Waals surface area contributed by atoms with Crippen LogP contribution in [0, 0.1) is 5.41 Å². The van der Waals surface area contributed by atoms with Crippen LogP contribution in [0.1, 0.15) is 25.5 Å². The van der Waals surface area contributed by atoms with Gasteiger partial charge < -0.3 is 14.8 Å². The zero-order valence-electron chi connectivity index (χ0n) is 9.60. The Morgan fingerprint density at radius 3 is 2.76 bits per heavy atom. The number of hydrogen-bond acceptors (Lipinski definition) is 3. The number of carboxylic acid groups (broad SMARTS) is 1. The van der Waals surface area contributed by atoms with E-state index >= 15 is 0 Å². The number of aliphatic carboxylic acids is 1. The maximum absolute atomic E-state index is 11.9. The molecule has 1 amide bonds. The minimum Gasteiger partial charge on any atom is -0.480 e. The summed E-state index contributed by atoms with van der Waals surface area (Å²) in [7, 11) is 0. The lowest BCUT2D eigenvalue weighted by Gasteiger charge is -2.22. The summed E-state index contributed by atoms with van der Waals surface area (Å²) >= 11 is 0. The predicted octanol–water partition coefficient (Wildman–Crippen LogP) is 1.19. The Bertz CT molecular complexity index is 422. The molecule has 2 rings (SSSR count). The van der Waals surface area contributed by atoms with Gasteiger partial charge in [-0.1, -0.05) is 0 Å². The van der Waals surface area contributed by atoms with E-state index in [2.05, 4.69) is 5.32 Å². The molecule has 1 unspecified atom stereocenters. The number of furan rings is 1. The van der Waals surface area contributed by atoms with Crippen LogP contribution >= 0.6 is 0 Å². The molecule has 1 fully saturated rings. The fourth-order valence-corrected chi connectivity index (χ4v) is 1.59. The van der Waals surface area contributed by atoms with Crippen molar-refractivity contribution in [3.8, 4) is 0 Å². The van der Waals surface area contributed by atoms with Gasteiger partial charge in [0, 0.05) is 12.5 Å². The van der Waals surface area contributed by atoms with Gasteiger partial charge in [-0.05, 0) is 31.9 Å². The second-order valence-corrected chi connectivity index (χ2v) is 4.64. The first-order valence-electron chi connectivity index (χ1n) is 5.59. The van der Waals surface area contributed by atoms with Crippen molar-refractivity contribution in [1.82, 2.24) is 5.32 Å². The molecule has 5 heteroatoms. The van der Waals surface area contributed by atoms with E-state index in [4.69, 9.17) is 4.42 Å². The second-order valence-electron chi connectivity index (χ2n) is 4.64. The van der Waals surface area contributed by atoms with Gasteiger partial charge >= 0.3 is 5.97 Å². The van der Waals surface area contributed by atoms with E-state index in [1.54, 1.807) is 12.1 Å². The Morgan fingerprint density at radius 1 is 1.59 bits per heavy atom. The van der Waals surface area contributed by atoms with Gasteiger partial charge in [-0.25, -0.2) is 0 Å². The maximum atomic E-state index is 11.9. The molecule has 1 aliphatic carbocycles. The zero-order chi connectivity index (χ0) is 12.5. The number of nitrogens with one attached hydrogen (secondary N) is 1. The largest absolute Gasteiger partial charge is 0.480 e. The van der Waals surface area contributed by atoms with E-state index in [1.807, 2.05) is 0 Å². The van der Waals surface area contributed by atoms with Gasteiger partial charge in [-0.2, -0.15) is 0 Å². The maximum Gasteiger partial charge on any atom is 0.319 e. The van der Waals surface area contributed by atoms with Crippen LogP contribution in [0.5, 0.6) is 0 Å². The molecule has 1 saturated carbocycles. The summed E-state index contributed by atoms with van der Waals surface area (Å²) in [6.07, 6.45) is 3.40. The summed E-state index contributed by atoms with van der Waals surface area (Å²) in [5.74, 6) is -1.07. The Labute approximate surface area is 98.8 Å². The fraction of sp³-hybridized carbons (Fsp3) is 0.500. The van der Waals surface area contributed by atoms with Gasteiger partial charge in [-0.15, -0.1) is 0 Å². The molecule has 0 radical (unpaired) electrons. The molecule has 0 saturated heterocycles. The number of rotatable bonds is 5. The molecule has 5 nitrogen and oxygen atoms in total. The lowest BCUT2D eigenvalue weighted by atomic mass is 9.84. The van der Waals surface area contributed by atoms with Crippen LogP contribution in [-0.2, 0) is 16.0 Å². The molecule has 0 aromatic carbocycles. The standard InChI is InChI=1S/C12H15NO4/c1-12(11(15)16,7-9-3-2-6-17-9)10(14)13-8-4-5-8/h2-3,6,8H,4-5,7H2,1H3,(H,13,14)(H,15,16). The van der Waals surface area contributed by atoms with Crippen LogP contribution in [0.25, 0.3) is 0 Å². The SMILES string of the molecule is CC(Cc1ccco1)(C(=O)O)C(=O)NC1CC1. The van der Waals surface area contributed by atoms with E-state index in [0.29, 0.717) is 5.76 Å². The Hall–Kier alpha value is -1.78. The molecule has 1 aromatic heterocycles. The highest BCUT2D eigenvalue weighted by molar-refractivity contribution is 6.01. The molecule has 0 aliphatic heterocycles. The smallest absolute Gasteiger partial charge is 0.319 e. The summed E-state index contributed by atoms with van der Waals surface area (Å²) in [5.41, 5.74) is -1.47. The minimum absolute atomic E-state index is 0.0634. The fourth-order valence-electron chi connectivity index (χ4n) is 1.59. The number of carboxylic acids is 1. The van der Waals surface area contributed by atoms with Crippen LogP contribution in [0.4, 0.5) is 0 Å². The number of carbonyl (C=O) groups is 2. The Kier molecular flexibility index (Phi) is 2.92. The predicted molar refractivity (Wildman–Crippen MR) is 59.3 cm³/mol. The lowest BCUT2D eigenvalue weighted by molar-refractivity contribution is -0.154. The van der Waals surface area contributed by atoms with Crippen LogP contribution < -0.4 is 5.32 Å². The van der Waals surface area contributed by atoms with Crippen molar-refractivity contribution in [3.63, 3.8) is 0 Å². The summed E-state index contributed by atoms with van der Waals surface area (Å²) in [6.45, 7) is 1.43. The molecule has 17 heavy (non-hydrogen) atoms. The average Bonchev–Trinajstić information content (AvgIpc) is 2.93. The van der Waals surface area contributed by atoms with Crippen LogP contribution in [0.15, 0.2) is 22.8 Å². The number of hydrogen-bond donors (Lipinski definition) is 2. The first-order chi connectivity index (χ1) is 8.02. The van der Waals surface area contributed by atoms with E-state index in [9.17, 15) is 14.7 Å². The van der Waals surface area contributed by atoms with Crippen molar-refractivity contribution >= 4 is 11.9 Å². The highest BCUT2D eigenvalue weighted by Gasteiger charge is 2.44. The van der Waals surface area contributed by atoms with Gasteiger partial charge in [-0.3, -0.25) is 9.59 Å². The lowest BCUT2D eigenvalue weighted by Crippen LogP contribution is -2.46. The van der Waals surface area contributed by atoms with Crippen LogP contribution in [-0.4, -0.2) is 23.0 Å². The summed E-state index contributed by atoms with van der Waals surface area (Å²) < 4.78 is 5.11. The number of amides is 1. The van der Waals surface area contributed by atoms with E-state index in [1.165, 1.54) is 13.2 Å². The Balaban J connectivity index is 2.12. The van der Waals surface area contributed by atoms with Crippen molar-refractivity contribution in [1.29, 1.82) is 0 Å². The van der Waals surface area contributed by atoms with Crippen molar-refractivity contribution < 1.29 is 19.1 Å². The molecule has 92 valence electrons. The third-order valence-corrected chi connectivity index (χ3v) is 2.99. The second kappa shape index (κ2) is 4.24. The first-order valence-corrected chi connectivity index (χ1v) is 5.59. The van der Waals surface area contributed by atoms with Gasteiger partial charge in [0.15, 0.2) is 5.41 Å². The van der Waals surface area contributed by atoms with E-state index in [0.717, 1.165) is 12.8 Å². The summed E-state index contributed by atoms with van der Waals surface area (Å²) in [5, 5.41) is 12.0. The van der Waals surface area contributed by atoms with Crippen molar-refractivity contribution in [3.05, 3.63) is 24.2 Å². The summed E-state index contributed by atoms with van der Waals surface area (Å²) in [4.78, 5) is 23.2. The van der Waals surface area contributed by atoms with E-state index < -0.39 is 17.3 Å². The minimum atomic E-state index is -1.47. The summed E-state index contributed by atoms with van der Waals surface area (Å²) in [6, 6.07) is 3.50. The molecule has 0 spiro atoms. The molecule has 1 heterocycles. The highest BCUT2D eigenvalue weighted by Crippen LogP contribution is 2.27. The molecular formula is C12H15NO4. The first kappa shape index (κ1) is 11.7. The molecule has 0 bridgehead atoms. The van der Waals surface area contributed by atoms with Crippen molar-refractivity contribution in [2.24, 2.45) is 5.41 Å². The van der Waals surface area contributed by atoms with Gasteiger partial charge in [0.25, 0.3) is 0 Å². The Morgan fingerprint density at radius 2 is 2.29 bits per heavy atom. The quantitative estimate of drug-likeness (QED) is 0.754. The zero-order valence-corrected chi connectivity index (χ0v) is 9.60. The molecule has 1 atom stereocenters. The van der Waals surface area contributed by atoms with Gasteiger partial charge in [0.05, 0.1) is 6.26 Å². The average molecular weight is 237 g/mol. The highest BCUT2D eigenvalue weighted by atomic mass is 16.4. The van der Waals surface area contributed by atoms with E-state index in [-0.39, 0.29) is 12.5 Å². The van der Waals surface area contributed by atoms with Crippen LogP contribution in [0.2, 0.25) is 0 Å². The topological polar surface area (TPSA) is 79.5 Å². The number of carbonyl (C=O) groups excluding carboxylic acids is 1. The van der Waals surface area contributed by atoms with Gasteiger partial charge in [0.1, 0.15) is 5.76 Å². The van der Waals surface area contributed by atoms with Gasteiger partial charge in [0.2, 0.25) is 5.91 Å². The monoisotopic (exact) mass is 237 g/mol. The van der Waals surface area contributed by atoms with Crippen molar-refractivity contribution in [2.45, 2.75) is 32.2 Å². The molecular weight excluding hydrogens is 222 g/mol. The van der Waals surface area contributed by atoms with Crippen LogP contribution in [0.3, 0.4) is 0 Å². The van der Waals surface area contributed by atoms with Crippen molar-refractivity contribution in [2.75, 3.05) is 0 Å². The normalized spacial score (nSPS) is 18.4. The third kappa shape index (κ3) is 2.49. The molecule has 2 N–H and O–H groups in total.